The summed E-state index contributed by atoms with van der Waals surface area (Å²) in [7, 11) is 0. The first-order chi connectivity index (χ1) is 11.7. The zero-order chi connectivity index (χ0) is 16.5. The summed E-state index contributed by atoms with van der Waals surface area (Å²) in [4.78, 5) is 25.5. The number of fused-ring (bicyclic) bond motifs is 1. The average molecular weight is 342 g/mol. The van der Waals surface area contributed by atoms with Crippen LogP contribution in [0, 0.1) is 5.92 Å². The SMILES string of the molecule is O=C(Cc1cccs1)NC1CCc2c(ccc(=O)n2CC2CC2)C1. The minimum absolute atomic E-state index is 0.0946. The van der Waals surface area contributed by atoms with Crippen LogP contribution < -0.4 is 10.9 Å². The van der Waals surface area contributed by atoms with Crippen molar-refractivity contribution in [2.75, 3.05) is 0 Å². The first-order valence-corrected chi connectivity index (χ1v) is 9.60. The number of nitrogens with one attached hydrogen (secondary N) is 1. The lowest BCUT2D eigenvalue weighted by Crippen LogP contribution is -2.41. The van der Waals surface area contributed by atoms with Crippen LogP contribution in [0.1, 0.15) is 35.4 Å². The number of nitrogens with zero attached hydrogens (tertiary/aromatic N) is 1. The molecule has 126 valence electrons. The Bertz CT molecular complexity index is 790. The fourth-order valence-corrected chi connectivity index (χ4v) is 4.26. The van der Waals surface area contributed by atoms with Crippen molar-refractivity contribution >= 4 is 17.2 Å². The molecule has 1 N–H and O–H groups in total. The highest BCUT2D eigenvalue weighted by Gasteiger charge is 2.27. The van der Waals surface area contributed by atoms with E-state index in [0.717, 1.165) is 30.7 Å². The van der Waals surface area contributed by atoms with Gasteiger partial charge in [0.1, 0.15) is 0 Å². The monoisotopic (exact) mass is 342 g/mol. The summed E-state index contributed by atoms with van der Waals surface area (Å²) in [5, 5.41) is 5.16. The van der Waals surface area contributed by atoms with Gasteiger partial charge in [0.2, 0.25) is 5.91 Å². The van der Waals surface area contributed by atoms with Gasteiger partial charge in [0.25, 0.3) is 5.56 Å². The Hall–Kier alpha value is -1.88. The van der Waals surface area contributed by atoms with Crippen molar-refractivity contribution in [1.29, 1.82) is 0 Å². The van der Waals surface area contributed by atoms with Gasteiger partial charge in [-0.05, 0) is 55.0 Å². The van der Waals surface area contributed by atoms with Crippen LogP contribution in [0.3, 0.4) is 0 Å². The van der Waals surface area contributed by atoms with Crippen LogP contribution in [0.2, 0.25) is 0 Å². The van der Waals surface area contributed by atoms with Crippen LogP contribution in [-0.2, 0) is 30.6 Å². The topological polar surface area (TPSA) is 51.1 Å². The van der Waals surface area contributed by atoms with Crippen molar-refractivity contribution in [3.8, 4) is 0 Å². The maximum absolute atomic E-state index is 12.2. The molecule has 2 heterocycles. The smallest absolute Gasteiger partial charge is 0.250 e. The quantitative estimate of drug-likeness (QED) is 0.908. The molecule has 1 unspecified atom stereocenters. The van der Waals surface area contributed by atoms with Crippen LogP contribution in [-0.4, -0.2) is 16.5 Å². The molecule has 5 heteroatoms. The second-order valence-corrected chi connectivity index (χ2v) is 7.99. The molecule has 2 aromatic heterocycles. The molecule has 1 amide bonds. The Morgan fingerprint density at radius 2 is 2.12 bits per heavy atom. The molecule has 4 rings (SSSR count). The van der Waals surface area contributed by atoms with Gasteiger partial charge in [0.05, 0.1) is 6.42 Å². The molecule has 2 aliphatic rings. The van der Waals surface area contributed by atoms with Crippen LogP contribution in [0.15, 0.2) is 34.4 Å². The molecule has 0 spiro atoms. The van der Waals surface area contributed by atoms with Crippen LogP contribution >= 0.6 is 11.3 Å². The van der Waals surface area contributed by atoms with E-state index in [4.69, 9.17) is 0 Å². The van der Waals surface area contributed by atoms with E-state index in [1.54, 1.807) is 17.4 Å². The lowest BCUT2D eigenvalue weighted by molar-refractivity contribution is -0.121. The number of aromatic nitrogens is 1. The van der Waals surface area contributed by atoms with E-state index in [1.165, 1.54) is 24.1 Å². The average Bonchev–Trinajstić information content (AvgIpc) is 3.24. The van der Waals surface area contributed by atoms with Gasteiger partial charge in [-0.1, -0.05) is 12.1 Å². The molecular formula is C19H22N2O2S. The van der Waals surface area contributed by atoms with Crippen molar-refractivity contribution in [3.05, 3.63) is 56.1 Å². The number of carbonyl (C=O) groups excluding carboxylic acids is 1. The summed E-state index contributed by atoms with van der Waals surface area (Å²) < 4.78 is 1.98. The summed E-state index contributed by atoms with van der Waals surface area (Å²) in [6, 6.07) is 7.80. The summed E-state index contributed by atoms with van der Waals surface area (Å²) in [6.07, 6.45) is 5.58. The first-order valence-electron chi connectivity index (χ1n) is 8.72. The van der Waals surface area contributed by atoms with Gasteiger partial charge in [-0.15, -0.1) is 11.3 Å². The van der Waals surface area contributed by atoms with Crippen molar-refractivity contribution in [2.45, 2.75) is 51.1 Å². The molecule has 0 aliphatic heterocycles. The zero-order valence-corrected chi connectivity index (χ0v) is 14.5. The molecule has 1 saturated carbocycles. The van der Waals surface area contributed by atoms with E-state index in [9.17, 15) is 9.59 Å². The molecule has 0 aromatic carbocycles. The third-order valence-electron chi connectivity index (χ3n) is 5.00. The highest BCUT2D eigenvalue weighted by Crippen LogP contribution is 2.31. The van der Waals surface area contributed by atoms with Crippen molar-refractivity contribution in [3.63, 3.8) is 0 Å². The predicted molar refractivity (Wildman–Crippen MR) is 95.4 cm³/mol. The van der Waals surface area contributed by atoms with Gasteiger partial charge in [-0.2, -0.15) is 0 Å². The van der Waals surface area contributed by atoms with Gasteiger partial charge < -0.3 is 9.88 Å². The molecule has 4 nitrogen and oxygen atoms in total. The standard InChI is InChI=1S/C19H22N2O2S/c22-18(11-16-2-1-9-24-16)20-15-6-7-17-14(10-15)5-8-19(23)21(17)12-13-3-4-13/h1-2,5,8-9,13,15H,3-4,6-7,10-12H2,(H,20,22). The van der Waals surface area contributed by atoms with E-state index in [1.807, 2.05) is 28.1 Å². The summed E-state index contributed by atoms with van der Waals surface area (Å²) in [6.45, 7) is 0.872. The summed E-state index contributed by atoms with van der Waals surface area (Å²) in [5.74, 6) is 0.787. The molecule has 0 radical (unpaired) electrons. The number of pyridine rings is 1. The number of carbonyl (C=O) groups is 1. The molecule has 1 fully saturated rings. The number of hydrogen-bond acceptors (Lipinski definition) is 3. The van der Waals surface area contributed by atoms with E-state index in [0.29, 0.717) is 12.3 Å². The van der Waals surface area contributed by atoms with Gasteiger partial charge in [-0.3, -0.25) is 9.59 Å². The van der Waals surface area contributed by atoms with Gasteiger partial charge in [0, 0.05) is 29.2 Å². The predicted octanol–water partition coefficient (Wildman–Crippen LogP) is 2.54. The lowest BCUT2D eigenvalue weighted by Gasteiger charge is -2.27. The summed E-state index contributed by atoms with van der Waals surface area (Å²) >= 11 is 1.62. The van der Waals surface area contributed by atoms with Crippen LogP contribution in [0.25, 0.3) is 0 Å². The van der Waals surface area contributed by atoms with E-state index in [-0.39, 0.29) is 17.5 Å². The second-order valence-electron chi connectivity index (χ2n) is 6.96. The lowest BCUT2D eigenvalue weighted by atomic mass is 9.91. The molecule has 2 aliphatic carbocycles. The van der Waals surface area contributed by atoms with Gasteiger partial charge >= 0.3 is 0 Å². The third-order valence-corrected chi connectivity index (χ3v) is 5.88. The maximum atomic E-state index is 12.2. The molecule has 1 atom stereocenters. The Balaban J connectivity index is 1.44. The van der Waals surface area contributed by atoms with E-state index >= 15 is 0 Å². The Morgan fingerprint density at radius 3 is 2.88 bits per heavy atom. The molecule has 0 bridgehead atoms. The third kappa shape index (κ3) is 3.46. The minimum Gasteiger partial charge on any atom is -0.353 e. The van der Waals surface area contributed by atoms with Crippen molar-refractivity contribution < 1.29 is 4.79 Å². The molecule has 2 aromatic rings. The van der Waals surface area contributed by atoms with Crippen LogP contribution in [0.5, 0.6) is 0 Å². The fraction of sp³-hybridized carbons (Fsp3) is 0.474. The van der Waals surface area contributed by atoms with Crippen molar-refractivity contribution in [1.82, 2.24) is 9.88 Å². The number of rotatable bonds is 5. The van der Waals surface area contributed by atoms with Gasteiger partial charge in [-0.25, -0.2) is 0 Å². The van der Waals surface area contributed by atoms with Gasteiger partial charge in [0.15, 0.2) is 0 Å². The Labute approximate surface area is 145 Å². The van der Waals surface area contributed by atoms with Crippen LogP contribution in [0.4, 0.5) is 0 Å². The Morgan fingerprint density at radius 1 is 1.25 bits per heavy atom. The molecular weight excluding hydrogens is 320 g/mol. The molecule has 0 saturated heterocycles. The fourth-order valence-electron chi connectivity index (χ4n) is 3.56. The van der Waals surface area contributed by atoms with E-state index < -0.39 is 0 Å². The first kappa shape index (κ1) is 15.6. The summed E-state index contributed by atoms with van der Waals surface area (Å²) in [5.41, 5.74) is 2.54. The Kier molecular flexibility index (Phi) is 4.27. The number of amides is 1. The molecule has 24 heavy (non-hydrogen) atoms. The highest BCUT2D eigenvalue weighted by atomic mass is 32.1. The van der Waals surface area contributed by atoms with E-state index in [2.05, 4.69) is 5.32 Å². The van der Waals surface area contributed by atoms with Crippen molar-refractivity contribution in [2.24, 2.45) is 5.92 Å². The maximum Gasteiger partial charge on any atom is 0.250 e. The minimum atomic E-state index is 0.0946. The second kappa shape index (κ2) is 6.55. The highest BCUT2D eigenvalue weighted by molar-refractivity contribution is 7.10. The largest absolute Gasteiger partial charge is 0.353 e. The number of hydrogen-bond donors (Lipinski definition) is 1. The number of thiophene rings is 1. The zero-order valence-electron chi connectivity index (χ0n) is 13.7. The normalized spacial score (nSPS) is 19.8.